The van der Waals surface area contributed by atoms with Gasteiger partial charge in [0.25, 0.3) is 5.91 Å². The molecule has 0 spiro atoms. The molecule has 0 aliphatic rings. The number of benzene rings is 3. The predicted molar refractivity (Wildman–Crippen MR) is 119 cm³/mol. The molecule has 5 nitrogen and oxygen atoms in total. The predicted octanol–water partition coefficient (Wildman–Crippen LogP) is 6.04. The summed E-state index contributed by atoms with van der Waals surface area (Å²) in [6.45, 7) is 0. The van der Waals surface area contributed by atoms with Crippen LogP contribution in [0.2, 0.25) is 0 Å². The fourth-order valence-electron chi connectivity index (χ4n) is 2.79. The maximum atomic E-state index is 13.1. The van der Waals surface area contributed by atoms with Gasteiger partial charge in [-0.3, -0.25) is 4.79 Å². The number of amides is 1. The number of aromatic nitrogens is 2. The number of carbonyl (C=O) groups excluding carboxylic acids is 1. The van der Waals surface area contributed by atoms with Gasteiger partial charge in [0.05, 0.1) is 0 Å². The summed E-state index contributed by atoms with van der Waals surface area (Å²) in [5.41, 5.74) is 2.75. The molecule has 3 aromatic carbocycles. The minimum absolute atomic E-state index is 0.194. The first-order valence-corrected chi connectivity index (χ1v) is 9.89. The van der Waals surface area contributed by atoms with Gasteiger partial charge < -0.3 is 10.6 Å². The van der Waals surface area contributed by atoms with E-state index in [2.05, 4.69) is 36.5 Å². The van der Waals surface area contributed by atoms with Crippen molar-refractivity contribution in [1.29, 1.82) is 0 Å². The van der Waals surface area contributed by atoms with Gasteiger partial charge in [-0.05, 0) is 72.8 Å². The van der Waals surface area contributed by atoms with Crippen LogP contribution in [0.4, 0.5) is 21.6 Å². The Balaban J connectivity index is 1.45. The van der Waals surface area contributed by atoms with Crippen LogP contribution in [0.3, 0.4) is 0 Å². The van der Waals surface area contributed by atoms with Crippen molar-refractivity contribution < 1.29 is 9.18 Å². The molecule has 0 aliphatic heterocycles. The monoisotopic (exact) mass is 462 g/mol. The normalized spacial score (nSPS) is 10.5. The molecule has 1 amide bonds. The molecule has 148 valence electrons. The highest BCUT2D eigenvalue weighted by molar-refractivity contribution is 9.10. The Labute approximate surface area is 181 Å². The van der Waals surface area contributed by atoms with E-state index in [0.717, 1.165) is 15.7 Å². The van der Waals surface area contributed by atoms with Gasteiger partial charge in [-0.2, -0.15) is 0 Å². The summed E-state index contributed by atoms with van der Waals surface area (Å²) in [6, 6.07) is 22.2. The van der Waals surface area contributed by atoms with Crippen molar-refractivity contribution in [2.45, 2.75) is 0 Å². The summed E-state index contributed by atoms with van der Waals surface area (Å²) in [6.07, 6.45) is 1.63. The van der Waals surface area contributed by atoms with Crippen LogP contribution < -0.4 is 10.6 Å². The summed E-state index contributed by atoms with van der Waals surface area (Å²) in [5.74, 6) is 0.581. The van der Waals surface area contributed by atoms with Crippen LogP contribution in [0, 0.1) is 5.82 Å². The zero-order valence-electron chi connectivity index (χ0n) is 15.6. The van der Waals surface area contributed by atoms with E-state index in [1.807, 2.05) is 24.3 Å². The van der Waals surface area contributed by atoms with Gasteiger partial charge in [0.15, 0.2) is 5.82 Å². The summed E-state index contributed by atoms with van der Waals surface area (Å²) in [7, 11) is 0. The van der Waals surface area contributed by atoms with E-state index in [1.165, 1.54) is 12.1 Å². The Kier molecular flexibility index (Phi) is 5.81. The molecule has 0 aliphatic carbocycles. The molecule has 4 rings (SSSR count). The number of rotatable bonds is 5. The quantitative estimate of drug-likeness (QED) is 0.379. The number of hydrogen-bond acceptors (Lipinski definition) is 4. The van der Waals surface area contributed by atoms with Crippen LogP contribution in [0.25, 0.3) is 11.4 Å². The van der Waals surface area contributed by atoms with E-state index >= 15 is 0 Å². The lowest BCUT2D eigenvalue weighted by Crippen LogP contribution is -2.11. The average molecular weight is 463 g/mol. The zero-order chi connectivity index (χ0) is 20.9. The van der Waals surface area contributed by atoms with Crippen molar-refractivity contribution in [3.8, 4) is 11.4 Å². The van der Waals surface area contributed by atoms with Gasteiger partial charge in [-0.25, -0.2) is 14.4 Å². The fraction of sp³-hybridized carbons (Fsp3) is 0. The zero-order valence-corrected chi connectivity index (χ0v) is 17.2. The van der Waals surface area contributed by atoms with Gasteiger partial charge in [-0.15, -0.1) is 0 Å². The molecular formula is C23H16BrFN4O. The first-order chi connectivity index (χ1) is 14.6. The Morgan fingerprint density at radius 2 is 1.67 bits per heavy atom. The molecule has 0 fully saturated rings. The second-order valence-electron chi connectivity index (χ2n) is 6.44. The molecule has 0 bridgehead atoms. The maximum absolute atomic E-state index is 13.1. The number of anilines is 3. The van der Waals surface area contributed by atoms with Crippen LogP contribution in [-0.2, 0) is 0 Å². The van der Waals surface area contributed by atoms with Gasteiger partial charge in [0, 0.05) is 33.2 Å². The summed E-state index contributed by atoms with van der Waals surface area (Å²) in [5, 5.41) is 6.05. The van der Waals surface area contributed by atoms with Crippen molar-refractivity contribution in [2.75, 3.05) is 10.6 Å². The maximum Gasteiger partial charge on any atom is 0.255 e. The molecule has 0 radical (unpaired) electrons. The lowest BCUT2D eigenvalue weighted by molar-refractivity contribution is 0.102. The summed E-state index contributed by atoms with van der Waals surface area (Å²) >= 11 is 3.39. The number of carbonyl (C=O) groups is 1. The molecule has 4 aromatic rings. The number of nitrogens with zero attached hydrogens (tertiary/aromatic N) is 2. The number of nitrogens with one attached hydrogen (secondary N) is 2. The molecular weight excluding hydrogens is 447 g/mol. The molecule has 1 heterocycles. The van der Waals surface area contributed by atoms with Gasteiger partial charge in [0.1, 0.15) is 11.6 Å². The lowest BCUT2D eigenvalue weighted by Gasteiger charge is -2.09. The second kappa shape index (κ2) is 8.84. The second-order valence-corrected chi connectivity index (χ2v) is 7.35. The Morgan fingerprint density at radius 3 is 2.40 bits per heavy atom. The van der Waals surface area contributed by atoms with Crippen LogP contribution in [0.15, 0.2) is 89.5 Å². The van der Waals surface area contributed by atoms with E-state index < -0.39 is 0 Å². The fourth-order valence-corrected chi connectivity index (χ4v) is 3.19. The molecule has 0 saturated heterocycles. The van der Waals surface area contributed by atoms with Crippen LogP contribution in [0.5, 0.6) is 0 Å². The van der Waals surface area contributed by atoms with Crippen molar-refractivity contribution in [3.63, 3.8) is 0 Å². The minimum Gasteiger partial charge on any atom is -0.340 e. The van der Waals surface area contributed by atoms with Crippen LogP contribution >= 0.6 is 15.9 Å². The van der Waals surface area contributed by atoms with Crippen molar-refractivity contribution in [1.82, 2.24) is 9.97 Å². The standard InChI is InChI=1S/C23H16BrFN4O/c24-17-2-1-3-20(14-17)28-23(30)16-6-10-19(11-7-16)27-21-12-13-26-22(29-21)15-4-8-18(25)9-5-15/h1-14H,(H,28,30)(H,26,27,29). The first kappa shape index (κ1) is 19.7. The third-order valence-electron chi connectivity index (χ3n) is 4.26. The van der Waals surface area contributed by atoms with Gasteiger partial charge in [-0.1, -0.05) is 22.0 Å². The number of hydrogen-bond donors (Lipinski definition) is 2. The topological polar surface area (TPSA) is 66.9 Å². The first-order valence-electron chi connectivity index (χ1n) is 9.10. The van der Waals surface area contributed by atoms with Gasteiger partial charge >= 0.3 is 0 Å². The Hall–Kier alpha value is -3.58. The van der Waals surface area contributed by atoms with Crippen molar-refractivity contribution >= 4 is 39.0 Å². The molecule has 1 aromatic heterocycles. The molecule has 30 heavy (non-hydrogen) atoms. The Bertz CT molecular complexity index is 1180. The van der Waals surface area contributed by atoms with E-state index in [0.29, 0.717) is 22.9 Å². The highest BCUT2D eigenvalue weighted by atomic mass is 79.9. The van der Waals surface area contributed by atoms with E-state index in [4.69, 9.17) is 0 Å². The average Bonchev–Trinajstić information content (AvgIpc) is 2.75. The SMILES string of the molecule is O=C(Nc1cccc(Br)c1)c1ccc(Nc2ccnc(-c3ccc(F)cc3)n2)cc1. The lowest BCUT2D eigenvalue weighted by atomic mass is 10.2. The van der Waals surface area contributed by atoms with Gasteiger partial charge in [0.2, 0.25) is 0 Å². The van der Waals surface area contributed by atoms with Crippen molar-refractivity contribution in [2.24, 2.45) is 0 Å². The highest BCUT2D eigenvalue weighted by Crippen LogP contribution is 2.21. The van der Waals surface area contributed by atoms with Crippen molar-refractivity contribution in [3.05, 3.63) is 101 Å². The highest BCUT2D eigenvalue weighted by Gasteiger charge is 2.07. The third-order valence-corrected chi connectivity index (χ3v) is 4.75. The molecule has 0 atom stereocenters. The van der Waals surface area contributed by atoms with Crippen LogP contribution in [-0.4, -0.2) is 15.9 Å². The molecule has 2 N–H and O–H groups in total. The largest absolute Gasteiger partial charge is 0.340 e. The summed E-state index contributed by atoms with van der Waals surface area (Å²) < 4.78 is 14.0. The smallest absolute Gasteiger partial charge is 0.255 e. The minimum atomic E-state index is -0.308. The van der Waals surface area contributed by atoms with E-state index in [1.54, 1.807) is 48.7 Å². The van der Waals surface area contributed by atoms with E-state index in [9.17, 15) is 9.18 Å². The molecule has 7 heteroatoms. The molecule has 0 saturated carbocycles. The van der Waals surface area contributed by atoms with Crippen LogP contribution in [0.1, 0.15) is 10.4 Å². The third kappa shape index (κ3) is 4.87. The Morgan fingerprint density at radius 1 is 0.900 bits per heavy atom. The van der Waals surface area contributed by atoms with E-state index in [-0.39, 0.29) is 11.7 Å². The summed E-state index contributed by atoms with van der Waals surface area (Å²) in [4.78, 5) is 21.1. The number of halogens is 2. The molecule has 0 unspecified atom stereocenters.